The van der Waals surface area contributed by atoms with Gasteiger partial charge in [-0.05, 0) is 56.2 Å². The third-order valence-corrected chi connectivity index (χ3v) is 4.05. The molecule has 0 aliphatic rings. The molecule has 160 valence electrons. The Kier molecular flexibility index (Phi) is 9.33. The molecule has 0 aliphatic carbocycles. The number of anilines is 2. The number of benzene rings is 2. The fourth-order valence-corrected chi connectivity index (χ4v) is 2.62. The summed E-state index contributed by atoms with van der Waals surface area (Å²) in [6.45, 7) is 5.40. The van der Waals surface area contributed by atoms with E-state index in [0.29, 0.717) is 36.7 Å². The lowest BCUT2D eigenvalue weighted by molar-refractivity contribution is -0.115. The predicted octanol–water partition coefficient (Wildman–Crippen LogP) is 2.91. The SMILES string of the molecule is CCOCCCNC(=O)c1cccc(NC(=O)CNC(=O)Nc2cccc(C)c2)c1. The summed E-state index contributed by atoms with van der Waals surface area (Å²) in [4.78, 5) is 36.2. The van der Waals surface area contributed by atoms with Crippen molar-refractivity contribution in [2.45, 2.75) is 20.3 Å². The zero-order valence-electron chi connectivity index (χ0n) is 17.3. The van der Waals surface area contributed by atoms with Gasteiger partial charge < -0.3 is 26.0 Å². The van der Waals surface area contributed by atoms with Crippen LogP contribution in [0.15, 0.2) is 48.5 Å². The molecule has 30 heavy (non-hydrogen) atoms. The van der Waals surface area contributed by atoms with Gasteiger partial charge in [0.2, 0.25) is 5.91 Å². The van der Waals surface area contributed by atoms with Crippen LogP contribution in [-0.4, -0.2) is 44.1 Å². The maximum atomic E-state index is 12.2. The van der Waals surface area contributed by atoms with Crippen LogP contribution in [0.5, 0.6) is 0 Å². The van der Waals surface area contributed by atoms with E-state index in [4.69, 9.17) is 4.74 Å². The maximum absolute atomic E-state index is 12.2. The largest absolute Gasteiger partial charge is 0.382 e. The van der Waals surface area contributed by atoms with Crippen LogP contribution in [-0.2, 0) is 9.53 Å². The van der Waals surface area contributed by atoms with Gasteiger partial charge in [0.1, 0.15) is 0 Å². The molecule has 2 rings (SSSR count). The highest BCUT2D eigenvalue weighted by atomic mass is 16.5. The van der Waals surface area contributed by atoms with Crippen LogP contribution in [0.4, 0.5) is 16.2 Å². The molecule has 2 aromatic rings. The van der Waals surface area contributed by atoms with E-state index in [1.807, 2.05) is 32.0 Å². The summed E-state index contributed by atoms with van der Waals surface area (Å²) in [6.07, 6.45) is 0.728. The van der Waals surface area contributed by atoms with Crippen molar-refractivity contribution < 1.29 is 19.1 Å². The predicted molar refractivity (Wildman–Crippen MR) is 117 cm³/mol. The Morgan fingerprint density at radius 1 is 0.933 bits per heavy atom. The van der Waals surface area contributed by atoms with Gasteiger partial charge in [0.25, 0.3) is 5.91 Å². The number of hydrogen-bond donors (Lipinski definition) is 4. The smallest absolute Gasteiger partial charge is 0.319 e. The molecule has 4 N–H and O–H groups in total. The van der Waals surface area contributed by atoms with E-state index >= 15 is 0 Å². The van der Waals surface area contributed by atoms with Crippen LogP contribution in [0.3, 0.4) is 0 Å². The number of amides is 4. The fourth-order valence-electron chi connectivity index (χ4n) is 2.62. The molecule has 0 fully saturated rings. The highest BCUT2D eigenvalue weighted by molar-refractivity contribution is 5.99. The van der Waals surface area contributed by atoms with Gasteiger partial charge in [-0.3, -0.25) is 9.59 Å². The van der Waals surface area contributed by atoms with Crippen molar-refractivity contribution >= 4 is 29.2 Å². The normalized spacial score (nSPS) is 10.2. The molecule has 0 aliphatic heterocycles. The van der Waals surface area contributed by atoms with Crippen molar-refractivity contribution in [3.05, 3.63) is 59.7 Å². The summed E-state index contributed by atoms with van der Waals surface area (Å²) in [6, 6.07) is 13.5. The third-order valence-electron chi connectivity index (χ3n) is 4.05. The quantitative estimate of drug-likeness (QED) is 0.450. The molecule has 0 aromatic heterocycles. The van der Waals surface area contributed by atoms with E-state index in [2.05, 4.69) is 21.3 Å². The summed E-state index contributed by atoms with van der Waals surface area (Å²) in [7, 11) is 0. The maximum Gasteiger partial charge on any atom is 0.319 e. The van der Waals surface area contributed by atoms with Crippen LogP contribution >= 0.6 is 0 Å². The minimum absolute atomic E-state index is 0.203. The van der Waals surface area contributed by atoms with Crippen molar-refractivity contribution in [1.29, 1.82) is 0 Å². The molecule has 0 heterocycles. The standard InChI is InChI=1S/C22H28N4O4/c1-3-30-12-6-11-23-21(28)17-8-5-10-19(14-17)25-20(27)15-24-22(29)26-18-9-4-7-16(2)13-18/h4-5,7-10,13-14H,3,6,11-12,15H2,1-2H3,(H,23,28)(H,25,27)(H2,24,26,29). The van der Waals surface area contributed by atoms with Crippen LogP contribution in [0.25, 0.3) is 0 Å². The van der Waals surface area contributed by atoms with Crippen molar-refractivity contribution in [2.24, 2.45) is 0 Å². The van der Waals surface area contributed by atoms with E-state index in [0.717, 1.165) is 12.0 Å². The van der Waals surface area contributed by atoms with Crippen LogP contribution in [0, 0.1) is 6.92 Å². The summed E-state index contributed by atoms with van der Waals surface area (Å²) in [5.74, 6) is -0.623. The Hall–Kier alpha value is -3.39. The third kappa shape index (κ3) is 8.32. The van der Waals surface area contributed by atoms with Crippen LogP contribution in [0.2, 0.25) is 0 Å². The molecule has 8 nitrogen and oxygen atoms in total. The van der Waals surface area contributed by atoms with Crippen molar-refractivity contribution in [3.8, 4) is 0 Å². The van der Waals surface area contributed by atoms with Gasteiger partial charge in [0, 0.05) is 36.7 Å². The molecule has 8 heteroatoms. The molecule has 4 amide bonds. The number of aryl methyl sites for hydroxylation is 1. The van der Waals surface area contributed by atoms with E-state index in [1.165, 1.54) is 0 Å². The number of hydrogen-bond acceptors (Lipinski definition) is 4. The molecule has 0 atom stereocenters. The van der Waals surface area contributed by atoms with Crippen LogP contribution < -0.4 is 21.3 Å². The van der Waals surface area contributed by atoms with E-state index in [-0.39, 0.29) is 12.5 Å². The molecular formula is C22H28N4O4. The van der Waals surface area contributed by atoms with E-state index in [9.17, 15) is 14.4 Å². The van der Waals surface area contributed by atoms with Crippen molar-refractivity contribution in [3.63, 3.8) is 0 Å². The van der Waals surface area contributed by atoms with Gasteiger partial charge in [-0.25, -0.2) is 4.79 Å². The Morgan fingerprint density at radius 2 is 1.67 bits per heavy atom. The lowest BCUT2D eigenvalue weighted by Crippen LogP contribution is -2.35. The lowest BCUT2D eigenvalue weighted by Gasteiger charge is -2.10. The first-order valence-electron chi connectivity index (χ1n) is 9.85. The molecule has 0 saturated heterocycles. The van der Waals surface area contributed by atoms with Crippen molar-refractivity contribution in [2.75, 3.05) is 36.9 Å². The monoisotopic (exact) mass is 412 g/mol. The number of nitrogens with one attached hydrogen (secondary N) is 4. The Morgan fingerprint density at radius 3 is 2.40 bits per heavy atom. The second kappa shape index (κ2) is 12.2. The van der Waals surface area contributed by atoms with Gasteiger partial charge in [-0.15, -0.1) is 0 Å². The average molecular weight is 412 g/mol. The second-order valence-corrected chi connectivity index (χ2v) is 6.61. The lowest BCUT2D eigenvalue weighted by atomic mass is 10.2. The zero-order chi connectivity index (χ0) is 21.8. The number of ether oxygens (including phenoxy) is 1. The molecule has 2 aromatic carbocycles. The Labute approximate surface area is 176 Å². The molecule has 0 spiro atoms. The van der Waals surface area contributed by atoms with Crippen LogP contribution in [0.1, 0.15) is 29.3 Å². The Balaban J connectivity index is 1.77. The second-order valence-electron chi connectivity index (χ2n) is 6.61. The number of carbonyl (C=O) groups is 3. The van der Waals surface area contributed by atoms with E-state index < -0.39 is 11.9 Å². The first kappa shape index (κ1) is 22.9. The molecular weight excluding hydrogens is 384 g/mol. The number of carbonyl (C=O) groups excluding carboxylic acids is 3. The highest BCUT2D eigenvalue weighted by Gasteiger charge is 2.09. The summed E-state index contributed by atoms with van der Waals surface area (Å²) in [5, 5.41) is 10.6. The average Bonchev–Trinajstić information content (AvgIpc) is 2.72. The Bertz CT molecular complexity index is 870. The summed E-state index contributed by atoms with van der Waals surface area (Å²) in [5.41, 5.74) is 2.58. The fraction of sp³-hybridized carbons (Fsp3) is 0.318. The van der Waals surface area contributed by atoms with E-state index in [1.54, 1.807) is 30.3 Å². The van der Waals surface area contributed by atoms with Gasteiger partial charge in [-0.2, -0.15) is 0 Å². The minimum Gasteiger partial charge on any atom is -0.382 e. The number of rotatable bonds is 10. The molecule has 0 saturated carbocycles. The first-order chi connectivity index (χ1) is 14.5. The highest BCUT2D eigenvalue weighted by Crippen LogP contribution is 2.11. The molecule has 0 unspecified atom stereocenters. The van der Waals surface area contributed by atoms with Gasteiger partial charge >= 0.3 is 6.03 Å². The first-order valence-corrected chi connectivity index (χ1v) is 9.85. The van der Waals surface area contributed by atoms with Gasteiger partial charge in [0.15, 0.2) is 0 Å². The van der Waals surface area contributed by atoms with Crippen molar-refractivity contribution in [1.82, 2.24) is 10.6 Å². The molecule has 0 bridgehead atoms. The molecule has 0 radical (unpaired) electrons. The van der Waals surface area contributed by atoms with Gasteiger partial charge in [-0.1, -0.05) is 18.2 Å². The summed E-state index contributed by atoms with van der Waals surface area (Å²) >= 11 is 0. The minimum atomic E-state index is -0.476. The zero-order valence-corrected chi connectivity index (χ0v) is 17.3. The number of urea groups is 1. The topological polar surface area (TPSA) is 109 Å². The summed E-state index contributed by atoms with van der Waals surface area (Å²) < 4.78 is 5.23. The van der Waals surface area contributed by atoms with Gasteiger partial charge in [0.05, 0.1) is 6.54 Å².